The van der Waals surface area contributed by atoms with E-state index in [4.69, 9.17) is 9.88 Å². The molecule has 0 bridgehead atoms. The molecule has 0 aliphatic carbocycles. The molecule has 0 saturated carbocycles. The maximum Gasteiger partial charge on any atom is 0.319 e. The molecule has 0 fully saturated rings. The van der Waals surface area contributed by atoms with Crippen LogP contribution in [0.5, 0.6) is 0 Å². The second-order valence-corrected chi connectivity index (χ2v) is 9.54. The Morgan fingerprint density at radius 1 is 1.06 bits per heavy atom. The number of anilines is 2. The van der Waals surface area contributed by atoms with Crippen LogP contribution < -0.4 is 15.8 Å². The summed E-state index contributed by atoms with van der Waals surface area (Å²) >= 11 is 1.00. The number of carbonyl (C=O) groups is 3. The lowest BCUT2D eigenvalue weighted by molar-refractivity contribution is -0.152. The Balaban J connectivity index is 1.82. The number of rotatable bonds is 9. The van der Waals surface area contributed by atoms with Crippen molar-refractivity contribution in [3.05, 3.63) is 54.3 Å². The first-order chi connectivity index (χ1) is 15.0. The van der Waals surface area contributed by atoms with Crippen LogP contribution in [0.3, 0.4) is 0 Å². The van der Waals surface area contributed by atoms with Gasteiger partial charge in [0.25, 0.3) is 5.91 Å². The second kappa shape index (κ2) is 11.1. The Morgan fingerprint density at radius 3 is 2.34 bits per heavy atom. The molecule has 2 aromatic carbocycles. The molecule has 12 heteroatoms. The molecule has 2 amide bonds. The van der Waals surface area contributed by atoms with E-state index < -0.39 is 39.1 Å². The third kappa shape index (κ3) is 7.94. The fourth-order valence-electron chi connectivity index (χ4n) is 2.32. The summed E-state index contributed by atoms with van der Waals surface area (Å²) in [5.41, 5.74) is 0.591. The molecule has 0 saturated heterocycles. The van der Waals surface area contributed by atoms with Crippen molar-refractivity contribution in [2.24, 2.45) is 5.14 Å². The van der Waals surface area contributed by atoms with Crippen molar-refractivity contribution in [3.8, 4) is 0 Å². The van der Waals surface area contributed by atoms with Gasteiger partial charge in [-0.1, -0.05) is 6.07 Å². The Morgan fingerprint density at radius 2 is 1.72 bits per heavy atom. The molecule has 2 unspecified atom stereocenters. The zero-order valence-electron chi connectivity index (χ0n) is 17.2. The third-order valence-electron chi connectivity index (χ3n) is 4.02. The van der Waals surface area contributed by atoms with Gasteiger partial charge in [0, 0.05) is 11.4 Å². The largest absolute Gasteiger partial charge is 0.452 e. The lowest BCUT2D eigenvalue weighted by Crippen LogP contribution is -2.33. The minimum Gasteiger partial charge on any atom is -0.452 e. The van der Waals surface area contributed by atoms with Crippen LogP contribution in [-0.2, 0) is 29.1 Å². The average Bonchev–Trinajstić information content (AvgIpc) is 2.73. The summed E-state index contributed by atoms with van der Waals surface area (Å²) in [4.78, 5) is 36.3. The third-order valence-corrected chi connectivity index (χ3v) is 6.05. The normalized spacial score (nSPS) is 13.0. The van der Waals surface area contributed by atoms with Gasteiger partial charge in [-0.25, -0.2) is 17.9 Å². The van der Waals surface area contributed by atoms with Crippen molar-refractivity contribution in [1.29, 1.82) is 0 Å². The monoisotopic (exact) mass is 483 g/mol. The van der Waals surface area contributed by atoms with Gasteiger partial charge in [-0.15, -0.1) is 11.8 Å². The van der Waals surface area contributed by atoms with Crippen LogP contribution in [0.4, 0.5) is 15.8 Å². The van der Waals surface area contributed by atoms with Crippen molar-refractivity contribution < 1.29 is 31.9 Å². The van der Waals surface area contributed by atoms with Crippen molar-refractivity contribution in [2.45, 2.75) is 30.1 Å². The first-order valence-corrected chi connectivity index (χ1v) is 11.9. The minimum atomic E-state index is -3.94. The first-order valence-electron chi connectivity index (χ1n) is 9.27. The topological polar surface area (TPSA) is 145 Å². The minimum absolute atomic E-state index is 0.0609. The number of thioether (sulfide) groups is 1. The van der Waals surface area contributed by atoms with E-state index in [1.54, 1.807) is 0 Å². The predicted molar refractivity (Wildman–Crippen MR) is 119 cm³/mol. The molecule has 0 spiro atoms. The fraction of sp³-hybridized carbons (Fsp3) is 0.250. The molecular weight excluding hydrogens is 461 g/mol. The van der Waals surface area contributed by atoms with Crippen LogP contribution >= 0.6 is 11.8 Å². The molecule has 0 aliphatic rings. The smallest absolute Gasteiger partial charge is 0.319 e. The summed E-state index contributed by atoms with van der Waals surface area (Å²) in [6.45, 7) is 2.88. The highest BCUT2D eigenvalue weighted by atomic mass is 32.2. The molecule has 0 radical (unpaired) electrons. The summed E-state index contributed by atoms with van der Waals surface area (Å²) in [5, 5.41) is 9.33. The van der Waals surface area contributed by atoms with Gasteiger partial charge in [0.15, 0.2) is 6.10 Å². The molecule has 2 aromatic rings. The number of carbonyl (C=O) groups excluding carboxylic acids is 3. The number of halogens is 1. The van der Waals surface area contributed by atoms with E-state index in [0.29, 0.717) is 5.69 Å². The highest BCUT2D eigenvalue weighted by Gasteiger charge is 2.23. The van der Waals surface area contributed by atoms with Crippen molar-refractivity contribution >= 4 is 50.9 Å². The van der Waals surface area contributed by atoms with Gasteiger partial charge in [-0.3, -0.25) is 14.4 Å². The van der Waals surface area contributed by atoms with Gasteiger partial charge >= 0.3 is 5.97 Å². The summed E-state index contributed by atoms with van der Waals surface area (Å²) in [5.74, 6) is -2.25. The fourth-order valence-corrected chi connectivity index (χ4v) is 3.54. The number of nitrogens with one attached hydrogen (secondary N) is 2. The second-order valence-electron chi connectivity index (χ2n) is 6.65. The van der Waals surface area contributed by atoms with Crippen molar-refractivity contribution in [1.82, 2.24) is 0 Å². The maximum absolute atomic E-state index is 12.9. The van der Waals surface area contributed by atoms with Crippen LogP contribution in [0, 0.1) is 5.82 Å². The van der Waals surface area contributed by atoms with E-state index in [-0.39, 0.29) is 22.2 Å². The van der Waals surface area contributed by atoms with Crippen LogP contribution in [0.25, 0.3) is 0 Å². The van der Waals surface area contributed by atoms with E-state index in [2.05, 4.69) is 10.6 Å². The Kier molecular flexibility index (Phi) is 8.75. The zero-order chi connectivity index (χ0) is 23.9. The summed E-state index contributed by atoms with van der Waals surface area (Å²) in [6.07, 6.45) is -1.17. The molecule has 172 valence electrons. The standard InChI is InChI=1S/C20H22FN3O6S2/c1-12(19(26)24-16-4-3-5-17(10-16)32(22,28)29)30-20(27)13(2)31-11-18(25)23-15-8-6-14(21)7-9-15/h3-10,12-13H,11H2,1-2H3,(H,23,25)(H,24,26)(H2,22,28,29). The van der Waals surface area contributed by atoms with Crippen LogP contribution in [-0.4, -0.2) is 43.3 Å². The average molecular weight is 484 g/mol. The zero-order valence-corrected chi connectivity index (χ0v) is 18.8. The molecule has 32 heavy (non-hydrogen) atoms. The maximum atomic E-state index is 12.9. The van der Waals surface area contributed by atoms with Crippen LogP contribution in [0.1, 0.15) is 13.8 Å². The van der Waals surface area contributed by atoms with Crippen molar-refractivity contribution in [2.75, 3.05) is 16.4 Å². The van der Waals surface area contributed by atoms with E-state index in [9.17, 15) is 27.2 Å². The number of sulfonamides is 1. The number of nitrogens with two attached hydrogens (primary N) is 1. The first kappa shape index (κ1) is 25.3. The van der Waals surface area contributed by atoms with Gasteiger partial charge in [0.05, 0.1) is 10.6 Å². The Bertz CT molecular complexity index is 1090. The highest BCUT2D eigenvalue weighted by molar-refractivity contribution is 8.01. The highest BCUT2D eigenvalue weighted by Crippen LogP contribution is 2.17. The molecule has 0 aromatic heterocycles. The number of benzene rings is 2. The molecule has 2 rings (SSSR count). The van der Waals surface area contributed by atoms with E-state index in [1.807, 2.05) is 0 Å². The number of hydrogen-bond acceptors (Lipinski definition) is 7. The van der Waals surface area contributed by atoms with Gasteiger partial charge in [0.1, 0.15) is 11.1 Å². The summed E-state index contributed by atoms with van der Waals surface area (Å²) in [7, 11) is -3.94. The molecule has 9 nitrogen and oxygen atoms in total. The SMILES string of the molecule is CC(OC(=O)C(C)SCC(=O)Nc1ccc(F)cc1)C(=O)Nc1cccc(S(N)(=O)=O)c1. The Labute approximate surface area is 188 Å². The van der Waals surface area contributed by atoms with Gasteiger partial charge in [0.2, 0.25) is 15.9 Å². The lowest BCUT2D eigenvalue weighted by Gasteiger charge is -2.16. The van der Waals surface area contributed by atoms with Crippen molar-refractivity contribution in [3.63, 3.8) is 0 Å². The van der Waals surface area contributed by atoms with E-state index in [0.717, 1.165) is 11.8 Å². The van der Waals surface area contributed by atoms with Gasteiger partial charge in [-0.2, -0.15) is 0 Å². The van der Waals surface area contributed by atoms with Crippen LogP contribution in [0.2, 0.25) is 0 Å². The predicted octanol–water partition coefficient (Wildman–Crippen LogP) is 2.10. The van der Waals surface area contributed by atoms with Gasteiger partial charge in [-0.05, 0) is 56.3 Å². The van der Waals surface area contributed by atoms with Gasteiger partial charge < -0.3 is 15.4 Å². The Hall–Kier alpha value is -2.96. The summed E-state index contributed by atoms with van der Waals surface area (Å²) < 4.78 is 40.8. The molecule has 0 heterocycles. The molecule has 0 aliphatic heterocycles. The van der Waals surface area contributed by atoms with Crippen LogP contribution in [0.15, 0.2) is 53.4 Å². The number of amides is 2. The number of esters is 1. The van der Waals surface area contributed by atoms with E-state index in [1.165, 1.54) is 62.4 Å². The number of hydrogen-bond donors (Lipinski definition) is 3. The molecule has 2 atom stereocenters. The quantitative estimate of drug-likeness (QED) is 0.463. The molecular formula is C20H22FN3O6S2. The number of primary sulfonamides is 1. The number of ether oxygens (including phenoxy) is 1. The molecule has 4 N–H and O–H groups in total. The lowest BCUT2D eigenvalue weighted by atomic mass is 10.3. The van der Waals surface area contributed by atoms with E-state index >= 15 is 0 Å². The summed E-state index contributed by atoms with van der Waals surface area (Å²) in [6, 6.07) is 10.6.